The Balaban J connectivity index is 2.27. The number of rotatable bonds is 3. The molecule has 1 heterocycles. The molecular formula is C19H25FN4O. The Kier molecular flexibility index (Phi) is 5.19. The highest BCUT2D eigenvalue weighted by atomic mass is 19.1. The van der Waals surface area contributed by atoms with Crippen molar-refractivity contribution in [3.63, 3.8) is 0 Å². The van der Waals surface area contributed by atoms with Crippen molar-refractivity contribution in [3.8, 4) is 6.07 Å². The van der Waals surface area contributed by atoms with Crippen LogP contribution in [0.15, 0.2) is 36.0 Å². The summed E-state index contributed by atoms with van der Waals surface area (Å²) in [6, 6.07) is 7.46. The minimum atomic E-state index is -0.518. The van der Waals surface area contributed by atoms with Crippen LogP contribution in [-0.4, -0.2) is 27.9 Å². The van der Waals surface area contributed by atoms with Gasteiger partial charge in [-0.3, -0.25) is 4.79 Å². The number of amides is 1. The van der Waals surface area contributed by atoms with Crippen molar-refractivity contribution in [1.29, 1.82) is 5.26 Å². The number of piperidine rings is 1. The lowest BCUT2D eigenvalue weighted by Crippen LogP contribution is -2.61. The molecule has 2 rings (SSSR count). The summed E-state index contributed by atoms with van der Waals surface area (Å²) < 4.78 is 13.0. The molecule has 1 amide bonds. The van der Waals surface area contributed by atoms with Crippen LogP contribution < -0.4 is 11.1 Å². The lowest BCUT2D eigenvalue weighted by Gasteiger charge is -2.54. The van der Waals surface area contributed by atoms with Gasteiger partial charge in [-0.1, -0.05) is 0 Å². The van der Waals surface area contributed by atoms with Crippen molar-refractivity contribution in [2.75, 3.05) is 5.32 Å². The highest BCUT2D eigenvalue weighted by molar-refractivity contribution is 6.06. The summed E-state index contributed by atoms with van der Waals surface area (Å²) in [6.45, 7) is 8.21. The predicted octanol–water partition coefficient (Wildman–Crippen LogP) is 3.15. The van der Waals surface area contributed by atoms with Crippen LogP contribution in [0.4, 0.5) is 10.1 Å². The second-order valence-electron chi connectivity index (χ2n) is 7.78. The number of nitriles is 1. The van der Waals surface area contributed by atoms with Gasteiger partial charge in [0.25, 0.3) is 5.91 Å². The summed E-state index contributed by atoms with van der Waals surface area (Å²) in [7, 11) is 0. The molecule has 3 N–H and O–H groups in total. The molecule has 0 unspecified atom stereocenters. The average Bonchev–Trinajstić information content (AvgIpc) is 2.47. The first-order chi connectivity index (χ1) is 11.5. The largest absolute Gasteiger partial charge is 0.366 e. The molecule has 0 aromatic heterocycles. The van der Waals surface area contributed by atoms with E-state index in [-0.39, 0.29) is 28.5 Å². The number of anilines is 1. The lowest BCUT2D eigenvalue weighted by atomic mass is 9.77. The van der Waals surface area contributed by atoms with E-state index in [0.717, 1.165) is 12.8 Å². The molecule has 1 fully saturated rings. The Morgan fingerprint density at radius 2 is 1.80 bits per heavy atom. The number of nitrogens with one attached hydrogen (secondary N) is 1. The Morgan fingerprint density at radius 1 is 1.28 bits per heavy atom. The number of nitrogens with two attached hydrogens (primary N) is 1. The molecule has 0 saturated carbocycles. The maximum absolute atomic E-state index is 13.0. The molecule has 134 valence electrons. The van der Waals surface area contributed by atoms with E-state index in [2.05, 4.69) is 33.0 Å². The van der Waals surface area contributed by atoms with Gasteiger partial charge in [0.05, 0.1) is 0 Å². The monoisotopic (exact) mass is 344 g/mol. The number of hydrogen-bond donors (Lipinski definition) is 2. The third kappa shape index (κ3) is 4.37. The number of nitrogens with zero attached hydrogens (tertiary/aromatic N) is 2. The summed E-state index contributed by atoms with van der Waals surface area (Å²) in [5.74, 6) is -0.905. The van der Waals surface area contributed by atoms with Gasteiger partial charge in [-0.05, 0) is 64.8 Å². The number of benzene rings is 1. The topological polar surface area (TPSA) is 82.2 Å². The quantitative estimate of drug-likeness (QED) is 0.652. The van der Waals surface area contributed by atoms with Crippen molar-refractivity contribution >= 4 is 11.6 Å². The highest BCUT2D eigenvalue weighted by Crippen LogP contribution is 2.38. The average molecular weight is 344 g/mol. The minimum absolute atomic E-state index is 0.000876. The lowest BCUT2D eigenvalue weighted by molar-refractivity contribution is -0.112. The van der Waals surface area contributed by atoms with Crippen LogP contribution in [0, 0.1) is 17.1 Å². The van der Waals surface area contributed by atoms with Gasteiger partial charge in [-0.15, -0.1) is 0 Å². The molecule has 0 spiro atoms. The highest BCUT2D eigenvalue weighted by Gasteiger charge is 2.43. The van der Waals surface area contributed by atoms with E-state index < -0.39 is 5.91 Å². The fourth-order valence-electron chi connectivity index (χ4n) is 3.72. The molecule has 6 heteroatoms. The van der Waals surface area contributed by atoms with Gasteiger partial charge in [-0.2, -0.15) is 5.26 Å². The van der Waals surface area contributed by atoms with Gasteiger partial charge in [0.15, 0.2) is 0 Å². The molecule has 1 aromatic rings. The fraction of sp³-hybridized carbons (Fsp3) is 0.474. The predicted molar refractivity (Wildman–Crippen MR) is 95.9 cm³/mol. The van der Waals surface area contributed by atoms with E-state index in [0.29, 0.717) is 5.69 Å². The molecular weight excluding hydrogens is 319 g/mol. The van der Waals surface area contributed by atoms with E-state index in [9.17, 15) is 14.4 Å². The third-order valence-electron chi connectivity index (χ3n) is 4.55. The molecule has 1 saturated heterocycles. The Labute approximate surface area is 148 Å². The molecule has 1 aromatic carbocycles. The number of hydrogen-bond acceptors (Lipinski definition) is 4. The van der Waals surface area contributed by atoms with Crippen LogP contribution in [0.5, 0.6) is 0 Å². The third-order valence-corrected chi connectivity index (χ3v) is 4.55. The minimum Gasteiger partial charge on any atom is -0.366 e. The zero-order chi connectivity index (χ0) is 18.8. The molecule has 0 aliphatic carbocycles. The maximum Gasteiger partial charge on any atom is 0.267 e. The summed E-state index contributed by atoms with van der Waals surface area (Å²) in [4.78, 5) is 14.5. The molecule has 1 aliphatic heterocycles. The Morgan fingerprint density at radius 3 is 2.28 bits per heavy atom. The standard InChI is InChI=1S/C19H25FN4O/c1-18(2)9-15(22)10-19(3,4)24(18)12-13(11-21)17(25)23-16-7-5-14(20)6-8-16/h5-8,12,15H,9-10,22H2,1-4H3,(H,23,25)/b13-12-. The summed E-state index contributed by atoms with van der Waals surface area (Å²) in [5.41, 5.74) is 6.04. The van der Waals surface area contributed by atoms with Gasteiger partial charge in [0.2, 0.25) is 0 Å². The molecule has 0 bridgehead atoms. The maximum atomic E-state index is 13.0. The molecule has 1 aliphatic rings. The van der Waals surface area contributed by atoms with Crippen molar-refractivity contribution in [3.05, 3.63) is 41.9 Å². The second-order valence-corrected chi connectivity index (χ2v) is 7.78. The van der Waals surface area contributed by atoms with Crippen LogP contribution in [0.3, 0.4) is 0 Å². The SMILES string of the molecule is CC1(C)CC(N)CC(C)(C)N1/C=C(/C#N)C(=O)Nc1ccc(F)cc1. The molecule has 5 nitrogen and oxygen atoms in total. The van der Waals surface area contributed by atoms with Gasteiger partial charge in [-0.25, -0.2) is 4.39 Å². The number of carbonyl (C=O) groups excluding carboxylic acids is 1. The second kappa shape index (κ2) is 6.85. The van der Waals surface area contributed by atoms with Crippen LogP contribution >= 0.6 is 0 Å². The van der Waals surface area contributed by atoms with Crippen LogP contribution in [0.2, 0.25) is 0 Å². The van der Waals surface area contributed by atoms with Crippen molar-refractivity contribution in [2.24, 2.45) is 5.73 Å². The smallest absolute Gasteiger partial charge is 0.267 e. The summed E-state index contributed by atoms with van der Waals surface area (Å²) in [6.07, 6.45) is 3.15. The first-order valence-corrected chi connectivity index (χ1v) is 8.29. The van der Waals surface area contributed by atoms with E-state index in [4.69, 9.17) is 5.73 Å². The van der Waals surface area contributed by atoms with Gasteiger partial charge >= 0.3 is 0 Å². The van der Waals surface area contributed by atoms with Gasteiger partial charge < -0.3 is 16.0 Å². The summed E-state index contributed by atoms with van der Waals surface area (Å²) in [5, 5.41) is 12.1. The molecule has 0 radical (unpaired) electrons. The number of carbonyl (C=O) groups is 1. The van der Waals surface area contributed by atoms with E-state index >= 15 is 0 Å². The van der Waals surface area contributed by atoms with E-state index in [1.54, 1.807) is 6.20 Å². The van der Waals surface area contributed by atoms with Crippen LogP contribution in [0.25, 0.3) is 0 Å². The zero-order valence-electron chi connectivity index (χ0n) is 15.1. The Bertz CT molecular complexity index is 698. The van der Waals surface area contributed by atoms with Gasteiger partial charge in [0, 0.05) is 29.0 Å². The zero-order valence-corrected chi connectivity index (χ0v) is 15.1. The first-order valence-electron chi connectivity index (χ1n) is 8.29. The molecule has 25 heavy (non-hydrogen) atoms. The van der Waals surface area contributed by atoms with Crippen molar-refractivity contribution in [1.82, 2.24) is 4.90 Å². The van der Waals surface area contributed by atoms with E-state index in [1.807, 2.05) is 11.0 Å². The first kappa shape index (κ1) is 18.9. The number of likely N-dealkylation sites (tertiary alicyclic amines) is 1. The van der Waals surface area contributed by atoms with Crippen LogP contribution in [-0.2, 0) is 4.79 Å². The summed E-state index contributed by atoms with van der Waals surface area (Å²) >= 11 is 0. The molecule has 0 atom stereocenters. The normalized spacial score (nSPS) is 20.0. The van der Waals surface area contributed by atoms with Crippen molar-refractivity contribution < 1.29 is 9.18 Å². The Hall–Kier alpha value is -2.39. The van der Waals surface area contributed by atoms with Crippen molar-refractivity contribution in [2.45, 2.75) is 57.7 Å². The fourth-order valence-corrected chi connectivity index (χ4v) is 3.72. The number of halogens is 1. The van der Waals surface area contributed by atoms with E-state index in [1.165, 1.54) is 24.3 Å². The van der Waals surface area contributed by atoms with Crippen LogP contribution in [0.1, 0.15) is 40.5 Å². The van der Waals surface area contributed by atoms with Gasteiger partial charge in [0.1, 0.15) is 17.5 Å².